The highest BCUT2D eigenvalue weighted by Crippen LogP contribution is 2.27. The molecule has 1 saturated heterocycles. The van der Waals surface area contributed by atoms with E-state index in [1.165, 1.54) is 0 Å². The quantitative estimate of drug-likeness (QED) is 0.352. The third-order valence-corrected chi connectivity index (χ3v) is 6.73. The van der Waals surface area contributed by atoms with Gasteiger partial charge in [0.2, 0.25) is 0 Å². The molecule has 8 heteroatoms. The van der Waals surface area contributed by atoms with E-state index in [1.807, 2.05) is 66.4 Å². The molecule has 4 aromatic rings. The van der Waals surface area contributed by atoms with Crippen molar-refractivity contribution in [2.45, 2.75) is 38.8 Å². The Labute approximate surface area is 221 Å². The summed E-state index contributed by atoms with van der Waals surface area (Å²) in [6, 6.07) is 19.2. The monoisotopic (exact) mass is 516 g/mol. The molecule has 0 aliphatic carbocycles. The number of ether oxygens (including phenoxy) is 1. The van der Waals surface area contributed by atoms with Crippen molar-refractivity contribution in [3.63, 3.8) is 0 Å². The predicted octanol–water partition coefficient (Wildman–Crippen LogP) is 5.43. The average Bonchev–Trinajstić information content (AvgIpc) is 3.27. The zero-order valence-electron chi connectivity index (χ0n) is 20.7. The van der Waals surface area contributed by atoms with Crippen LogP contribution in [0.5, 0.6) is 5.75 Å². The van der Waals surface area contributed by atoms with Crippen LogP contribution in [0.2, 0.25) is 5.02 Å². The fourth-order valence-electron chi connectivity index (χ4n) is 4.40. The second-order valence-corrected chi connectivity index (χ2v) is 9.74. The van der Waals surface area contributed by atoms with Crippen molar-refractivity contribution in [2.24, 2.45) is 5.73 Å². The number of aryl methyl sites for hydroxylation is 1. The van der Waals surface area contributed by atoms with Crippen LogP contribution in [0, 0.1) is 6.92 Å². The number of rotatable bonds is 7. The summed E-state index contributed by atoms with van der Waals surface area (Å²) in [5, 5.41) is 0.694. The first-order valence-electron chi connectivity index (χ1n) is 12.4. The maximum Gasteiger partial charge on any atom is 0.255 e. The van der Waals surface area contributed by atoms with E-state index in [0.29, 0.717) is 42.6 Å². The van der Waals surface area contributed by atoms with E-state index >= 15 is 0 Å². The SMILES string of the molecule is Cc1oc(Cc2cccc(Cl)c2)nc1-c1ccc(OCc2ccc(C(=O)N3CCC(N)CC3)cn2)cc1. The van der Waals surface area contributed by atoms with Gasteiger partial charge in [-0.25, -0.2) is 4.98 Å². The van der Waals surface area contributed by atoms with E-state index in [2.05, 4.69) is 4.98 Å². The van der Waals surface area contributed by atoms with Gasteiger partial charge in [-0.3, -0.25) is 9.78 Å². The maximum absolute atomic E-state index is 12.7. The molecule has 3 heterocycles. The second kappa shape index (κ2) is 11.2. The zero-order chi connectivity index (χ0) is 25.8. The Morgan fingerprint density at radius 3 is 2.62 bits per heavy atom. The third-order valence-electron chi connectivity index (χ3n) is 6.50. The number of carbonyl (C=O) groups excluding carboxylic acids is 1. The van der Waals surface area contributed by atoms with Crippen LogP contribution < -0.4 is 10.5 Å². The van der Waals surface area contributed by atoms with Crippen LogP contribution in [-0.2, 0) is 13.0 Å². The molecule has 2 aromatic heterocycles. The fraction of sp³-hybridized carbons (Fsp3) is 0.276. The number of amides is 1. The number of likely N-dealkylation sites (tertiary alicyclic amines) is 1. The molecule has 1 amide bonds. The molecule has 0 spiro atoms. The first-order valence-corrected chi connectivity index (χ1v) is 12.8. The summed E-state index contributed by atoms with van der Waals surface area (Å²) in [5.41, 5.74) is 10.1. The smallest absolute Gasteiger partial charge is 0.255 e. The lowest BCUT2D eigenvalue weighted by Crippen LogP contribution is -2.42. The lowest BCUT2D eigenvalue weighted by atomic mass is 10.1. The van der Waals surface area contributed by atoms with Crippen molar-refractivity contribution in [3.05, 3.63) is 100 Å². The highest BCUT2D eigenvalue weighted by Gasteiger charge is 2.21. The van der Waals surface area contributed by atoms with Gasteiger partial charge in [0.25, 0.3) is 5.91 Å². The molecule has 0 saturated carbocycles. The number of benzene rings is 2. The molecular weight excluding hydrogens is 488 g/mol. The third kappa shape index (κ3) is 6.18. The molecule has 1 aliphatic rings. The van der Waals surface area contributed by atoms with Crippen molar-refractivity contribution in [2.75, 3.05) is 13.1 Å². The summed E-state index contributed by atoms with van der Waals surface area (Å²) in [7, 11) is 0. The van der Waals surface area contributed by atoms with E-state index in [1.54, 1.807) is 12.3 Å². The van der Waals surface area contributed by atoms with Crippen molar-refractivity contribution >= 4 is 17.5 Å². The Bertz CT molecular complexity index is 1360. The topological polar surface area (TPSA) is 94.5 Å². The molecule has 37 heavy (non-hydrogen) atoms. The van der Waals surface area contributed by atoms with E-state index in [9.17, 15) is 4.79 Å². The number of nitrogens with zero attached hydrogens (tertiary/aromatic N) is 3. The van der Waals surface area contributed by atoms with Crippen LogP contribution in [0.3, 0.4) is 0 Å². The van der Waals surface area contributed by atoms with E-state index < -0.39 is 0 Å². The Morgan fingerprint density at radius 2 is 1.92 bits per heavy atom. The highest BCUT2D eigenvalue weighted by molar-refractivity contribution is 6.30. The minimum atomic E-state index is 0.00123. The lowest BCUT2D eigenvalue weighted by molar-refractivity contribution is 0.0714. The molecule has 7 nitrogen and oxygen atoms in total. The molecule has 2 aromatic carbocycles. The van der Waals surface area contributed by atoms with Crippen molar-refractivity contribution in [1.29, 1.82) is 0 Å². The summed E-state index contributed by atoms with van der Waals surface area (Å²) < 4.78 is 11.8. The molecule has 0 radical (unpaired) electrons. The van der Waals surface area contributed by atoms with Gasteiger partial charge in [0.05, 0.1) is 11.3 Å². The standard InChI is InChI=1S/C29H29ClN4O3/c1-19-28(33-27(37-19)16-20-3-2-4-23(30)15-20)21-6-9-26(10-7-21)36-18-25-8-5-22(17-32-25)29(35)34-13-11-24(31)12-14-34/h2-10,15,17,24H,11-14,16,18,31H2,1H3. The largest absolute Gasteiger partial charge is 0.487 e. The predicted molar refractivity (Wildman–Crippen MR) is 143 cm³/mol. The maximum atomic E-state index is 12.7. The number of carbonyl (C=O) groups is 1. The van der Waals surface area contributed by atoms with Crippen molar-refractivity contribution in [3.8, 4) is 17.0 Å². The number of piperidine rings is 1. The molecule has 0 atom stereocenters. The summed E-state index contributed by atoms with van der Waals surface area (Å²) in [6.45, 7) is 3.60. The Hall–Kier alpha value is -3.68. The van der Waals surface area contributed by atoms with Crippen LogP contribution in [-0.4, -0.2) is 39.9 Å². The van der Waals surface area contributed by atoms with Gasteiger partial charge >= 0.3 is 0 Å². The van der Waals surface area contributed by atoms with Crippen LogP contribution in [0.25, 0.3) is 11.3 Å². The van der Waals surface area contributed by atoms with Gasteiger partial charge in [-0.1, -0.05) is 23.7 Å². The normalized spacial score (nSPS) is 14.1. The molecular formula is C29H29ClN4O3. The Kier molecular flexibility index (Phi) is 7.53. The van der Waals surface area contributed by atoms with Gasteiger partial charge in [0.15, 0.2) is 5.89 Å². The van der Waals surface area contributed by atoms with Crippen LogP contribution in [0.15, 0.2) is 71.3 Å². The Balaban J connectivity index is 1.17. The summed E-state index contributed by atoms with van der Waals surface area (Å²) in [5.74, 6) is 2.13. The van der Waals surface area contributed by atoms with Crippen molar-refractivity contribution in [1.82, 2.24) is 14.9 Å². The van der Waals surface area contributed by atoms with Gasteiger partial charge in [-0.2, -0.15) is 0 Å². The number of hydrogen-bond donors (Lipinski definition) is 1. The average molecular weight is 517 g/mol. The molecule has 1 aliphatic heterocycles. The van der Waals surface area contributed by atoms with E-state index in [-0.39, 0.29) is 11.9 Å². The zero-order valence-corrected chi connectivity index (χ0v) is 21.4. The minimum absolute atomic E-state index is 0.00123. The number of nitrogens with two attached hydrogens (primary N) is 1. The number of aromatic nitrogens is 2. The second-order valence-electron chi connectivity index (χ2n) is 9.30. The van der Waals surface area contributed by atoms with Gasteiger partial charge in [0, 0.05) is 42.3 Å². The van der Waals surface area contributed by atoms with Crippen LogP contribution >= 0.6 is 11.6 Å². The molecule has 190 valence electrons. The summed E-state index contributed by atoms with van der Waals surface area (Å²) >= 11 is 6.09. The van der Waals surface area contributed by atoms with Crippen LogP contribution in [0.4, 0.5) is 0 Å². The van der Waals surface area contributed by atoms with Crippen molar-refractivity contribution < 1.29 is 13.9 Å². The number of halogens is 1. The van der Waals surface area contributed by atoms with Gasteiger partial charge in [-0.05, 0) is 73.9 Å². The van der Waals surface area contributed by atoms with E-state index in [4.69, 9.17) is 31.5 Å². The van der Waals surface area contributed by atoms with Gasteiger partial charge < -0.3 is 19.8 Å². The molecule has 2 N–H and O–H groups in total. The number of pyridine rings is 1. The molecule has 0 unspecified atom stereocenters. The number of oxazole rings is 1. The Morgan fingerprint density at radius 1 is 1.14 bits per heavy atom. The first kappa shape index (κ1) is 25.0. The van der Waals surface area contributed by atoms with Gasteiger partial charge in [-0.15, -0.1) is 0 Å². The van der Waals surface area contributed by atoms with Crippen LogP contribution in [0.1, 0.15) is 46.1 Å². The summed E-state index contributed by atoms with van der Waals surface area (Å²) in [4.78, 5) is 23.6. The minimum Gasteiger partial charge on any atom is -0.487 e. The highest BCUT2D eigenvalue weighted by atomic mass is 35.5. The first-order chi connectivity index (χ1) is 17.9. The summed E-state index contributed by atoms with van der Waals surface area (Å²) in [6.07, 6.45) is 3.87. The molecule has 1 fully saturated rings. The fourth-order valence-corrected chi connectivity index (χ4v) is 4.62. The van der Waals surface area contributed by atoms with E-state index in [0.717, 1.165) is 46.9 Å². The lowest BCUT2D eigenvalue weighted by Gasteiger charge is -2.30. The number of hydrogen-bond acceptors (Lipinski definition) is 6. The van der Waals surface area contributed by atoms with Gasteiger partial charge in [0.1, 0.15) is 23.8 Å². The molecule has 0 bridgehead atoms. The molecule has 5 rings (SSSR count).